The molecule has 1 fully saturated rings. The molecular weight excluding hydrogens is 281 g/mol. The van der Waals surface area contributed by atoms with E-state index in [0.29, 0.717) is 12.5 Å². The summed E-state index contributed by atoms with van der Waals surface area (Å²) in [5.41, 5.74) is 5.57. The SMILES string of the molecule is CN1CCC(CNS(=O)(=O)c2cc(N)cc(F)c2)CC1. The normalized spacial score (nSPS) is 18.3. The molecule has 1 aromatic rings. The number of sulfonamides is 1. The van der Waals surface area contributed by atoms with Gasteiger partial charge in [0.05, 0.1) is 4.90 Å². The molecule has 20 heavy (non-hydrogen) atoms. The van der Waals surface area contributed by atoms with E-state index in [1.54, 1.807) is 0 Å². The lowest BCUT2D eigenvalue weighted by Gasteiger charge is -2.28. The zero-order valence-corrected chi connectivity index (χ0v) is 12.3. The molecule has 0 amide bonds. The Balaban J connectivity index is 2.00. The second-order valence-electron chi connectivity index (χ2n) is 5.32. The third kappa shape index (κ3) is 3.91. The van der Waals surface area contributed by atoms with E-state index in [-0.39, 0.29) is 10.6 Å². The van der Waals surface area contributed by atoms with E-state index in [4.69, 9.17) is 5.73 Å². The van der Waals surface area contributed by atoms with Gasteiger partial charge in [-0.1, -0.05) is 0 Å². The van der Waals surface area contributed by atoms with E-state index in [0.717, 1.165) is 38.1 Å². The first kappa shape index (κ1) is 15.2. The van der Waals surface area contributed by atoms with Crippen molar-refractivity contribution >= 4 is 15.7 Å². The maximum atomic E-state index is 13.2. The van der Waals surface area contributed by atoms with Crippen molar-refractivity contribution in [3.63, 3.8) is 0 Å². The Kier molecular flexibility index (Phi) is 4.62. The monoisotopic (exact) mass is 301 g/mol. The fourth-order valence-electron chi connectivity index (χ4n) is 2.32. The van der Waals surface area contributed by atoms with E-state index in [1.807, 2.05) is 0 Å². The zero-order chi connectivity index (χ0) is 14.8. The summed E-state index contributed by atoms with van der Waals surface area (Å²) < 4.78 is 40.0. The van der Waals surface area contributed by atoms with Crippen LogP contribution >= 0.6 is 0 Å². The number of halogens is 1. The summed E-state index contributed by atoms with van der Waals surface area (Å²) in [4.78, 5) is 2.10. The summed E-state index contributed by atoms with van der Waals surface area (Å²) in [7, 11) is -1.65. The molecule has 7 heteroatoms. The number of nitrogens with zero attached hydrogens (tertiary/aromatic N) is 1. The lowest BCUT2D eigenvalue weighted by molar-refractivity contribution is 0.220. The van der Waals surface area contributed by atoms with Gasteiger partial charge < -0.3 is 10.6 Å². The quantitative estimate of drug-likeness (QED) is 0.815. The maximum Gasteiger partial charge on any atom is 0.240 e. The highest BCUT2D eigenvalue weighted by Gasteiger charge is 2.21. The summed E-state index contributed by atoms with van der Waals surface area (Å²) >= 11 is 0. The van der Waals surface area contributed by atoms with E-state index in [2.05, 4.69) is 16.7 Å². The highest BCUT2D eigenvalue weighted by atomic mass is 32.2. The Morgan fingerprint density at radius 2 is 2.00 bits per heavy atom. The molecule has 0 spiro atoms. The average Bonchev–Trinajstić information content (AvgIpc) is 2.37. The summed E-state index contributed by atoms with van der Waals surface area (Å²) in [5, 5.41) is 0. The van der Waals surface area contributed by atoms with Crippen LogP contribution in [-0.4, -0.2) is 40.0 Å². The first-order valence-corrected chi connectivity index (χ1v) is 8.09. The van der Waals surface area contributed by atoms with Gasteiger partial charge in [0.15, 0.2) is 0 Å². The van der Waals surface area contributed by atoms with E-state index >= 15 is 0 Å². The Hall–Kier alpha value is -1.18. The van der Waals surface area contributed by atoms with Gasteiger partial charge in [-0.05, 0) is 57.1 Å². The van der Waals surface area contributed by atoms with Crippen molar-refractivity contribution in [2.75, 3.05) is 32.4 Å². The Bertz CT molecular complexity index is 549. The zero-order valence-electron chi connectivity index (χ0n) is 11.5. The van der Waals surface area contributed by atoms with Crippen LogP contribution in [-0.2, 0) is 10.0 Å². The van der Waals surface area contributed by atoms with E-state index < -0.39 is 15.8 Å². The third-order valence-electron chi connectivity index (χ3n) is 3.60. The van der Waals surface area contributed by atoms with Gasteiger partial charge in [0.2, 0.25) is 10.0 Å². The lowest BCUT2D eigenvalue weighted by Crippen LogP contribution is -2.36. The molecule has 1 heterocycles. The molecule has 1 aliphatic rings. The van der Waals surface area contributed by atoms with Gasteiger partial charge in [-0.3, -0.25) is 0 Å². The number of hydrogen-bond donors (Lipinski definition) is 2. The van der Waals surface area contributed by atoms with Crippen LogP contribution in [0.5, 0.6) is 0 Å². The Morgan fingerprint density at radius 3 is 2.60 bits per heavy atom. The van der Waals surface area contributed by atoms with Crippen molar-refractivity contribution in [1.29, 1.82) is 0 Å². The van der Waals surface area contributed by atoms with Crippen molar-refractivity contribution in [3.05, 3.63) is 24.0 Å². The van der Waals surface area contributed by atoms with Crippen LogP contribution in [0.4, 0.5) is 10.1 Å². The van der Waals surface area contributed by atoms with Crippen LogP contribution in [0.3, 0.4) is 0 Å². The molecule has 0 atom stereocenters. The van der Waals surface area contributed by atoms with Gasteiger partial charge in [0.25, 0.3) is 0 Å². The smallest absolute Gasteiger partial charge is 0.240 e. The molecule has 1 saturated heterocycles. The van der Waals surface area contributed by atoms with E-state index in [9.17, 15) is 12.8 Å². The fourth-order valence-corrected chi connectivity index (χ4v) is 3.50. The largest absolute Gasteiger partial charge is 0.399 e. The number of piperidine rings is 1. The number of nitrogens with one attached hydrogen (secondary N) is 1. The number of rotatable bonds is 4. The second kappa shape index (κ2) is 6.07. The van der Waals surface area contributed by atoms with Crippen molar-refractivity contribution in [3.8, 4) is 0 Å². The molecule has 1 aliphatic heterocycles. The first-order chi connectivity index (χ1) is 9.37. The number of hydrogen-bond acceptors (Lipinski definition) is 4. The molecule has 112 valence electrons. The van der Waals surface area contributed by atoms with Crippen molar-refractivity contribution in [2.45, 2.75) is 17.7 Å². The number of benzene rings is 1. The standard InChI is InChI=1S/C13H20FN3O2S/c1-17-4-2-10(3-5-17)9-16-20(18,19)13-7-11(14)6-12(15)8-13/h6-8,10,16H,2-5,9,15H2,1H3. The highest BCUT2D eigenvalue weighted by molar-refractivity contribution is 7.89. The van der Waals surface area contributed by atoms with Crippen LogP contribution in [0.2, 0.25) is 0 Å². The number of nitrogens with two attached hydrogens (primary N) is 1. The molecule has 2 rings (SSSR count). The van der Waals surface area contributed by atoms with Crippen molar-refractivity contribution in [1.82, 2.24) is 9.62 Å². The average molecular weight is 301 g/mol. The number of anilines is 1. The molecule has 0 saturated carbocycles. The molecule has 0 aromatic heterocycles. The predicted molar refractivity (Wildman–Crippen MR) is 76.2 cm³/mol. The van der Waals surface area contributed by atoms with Gasteiger partial charge in [0.1, 0.15) is 5.82 Å². The van der Waals surface area contributed by atoms with Crippen molar-refractivity contribution < 1.29 is 12.8 Å². The van der Waals surface area contributed by atoms with Crippen LogP contribution in [0.1, 0.15) is 12.8 Å². The first-order valence-electron chi connectivity index (χ1n) is 6.61. The molecule has 0 unspecified atom stereocenters. The van der Waals surface area contributed by atoms with Crippen LogP contribution in [0, 0.1) is 11.7 Å². The number of nitrogen functional groups attached to an aromatic ring is 1. The van der Waals surface area contributed by atoms with Crippen LogP contribution in [0.15, 0.2) is 23.1 Å². The molecule has 0 aliphatic carbocycles. The summed E-state index contributed by atoms with van der Waals surface area (Å²) in [6, 6.07) is 3.34. The molecule has 0 bridgehead atoms. The number of likely N-dealkylation sites (tertiary alicyclic amines) is 1. The summed E-state index contributed by atoms with van der Waals surface area (Å²) in [5.74, 6) is -0.323. The fraction of sp³-hybridized carbons (Fsp3) is 0.538. The Morgan fingerprint density at radius 1 is 1.35 bits per heavy atom. The van der Waals surface area contributed by atoms with Crippen LogP contribution < -0.4 is 10.5 Å². The minimum absolute atomic E-state index is 0.102. The highest BCUT2D eigenvalue weighted by Crippen LogP contribution is 2.18. The minimum atomic E-state index is -3.70. The van der Waals surface area contributed by atoms with Gasteiger partial charge in [-0.2, -0.15) is 0 Å². The molecule has 1 aromatic carbocycles. The maximum absolute atomic E-state index is 13.2. The van der Waals surface area contributed by atoms with Gasteiger partial charge in [-0.15, -0.1) is 0 Å². The second-order valence-corrected chi connectivity index (χ2v) is 7.09. The van der Waals surface area contributed by atoms with Crippen LogP contribution in [0.25, 0.3) is 0 Å². The minimum Gasteiger partial charge on any atom is -0.399 e. The summed E-state index contributed by atoms with van der Waals surface area (Å²) in [6.45, 7) is 2.32. The topological polar surface area (TPSA) is 75.4 Å². The third-order valence-corrected chi connectivity index (χ3v) is 5.01. The molecule has 3 N–H and O–H groups in total. The predicted octanol–water partition coefficient (Wildman–Crippen LogP) is 1.03. The molecular formula is C13H20FN3O2S. The van der Waals surface area contributed by atoms with Gasteiger partial charge >= 0.3 is 0 Å². The summed E-state index contributed by atoms with van der Waals surface area (Å²) in [6.07, 6.45) is 1.93. The Labute approximate surface area is 119 Å². The van der Waals surface area contributed by atoms with E-state index in [1.165, 1.54) is 6.07 Å². The van der Waals surface area contributed by atoms with Gasteiger partial charge in [-0.25, -0.2) is 17.5 Å². The lowest BCUT2D eigenvalue weighted by atomic mass is 9.98. The van der Waals surface area contributed by atoms with Gasteiger partial charge in [0, 0.05) is 12.2 Å². The molecule has 0 radical (unpaired) electrons. The van der Waals surface area contributed by atoms with Crippen molar-refractivity contribution in [2.24, 2.45) is 5.92 Å². The molecule has 5 nitrogen and oxygen atoms in total.